The minimum absolute atomic E-state index is 0.131. The second kappa shape index (κ2) is 9.96. The third-order valence-corrected chi connectivity index (χ3v) is 3.95. The summed E-state index contributed by atoms with van der Waals surface area (Å²) in [7, 11) is 1.98. The van der Waals surface area contributed by atoms with Crippen LogP contribution in [0.1, 0.15) is 12.0 Å². The average molecular weight is 368 g/mol. The molecule has 2 aromatic carbocycles. The predicted molar refractivity (Wildman–Crippen MR) is 105 cm³/mol. The highest BCUT2D eigenvalue weighted by atomic mass is 16.2. The second-order valence-corrected chi connectivity index (χ2v) is 6.16. The van der Waals surface area contributed by atoms with Crippen LogP contribution in [0.3, 0.4) is 0 Å². The van der Waals surface area contributed by atoms with Crippen molar-refractivity contribution < 1.29 is 14.4 Å². The standard InChI is InChI=1S/C20H24N4O3/c1-24(17-6-3-2-4-7-17)13-5-12-22-19(26)20(27)23-16-10-8-15(9-11-16)14-18(21)25/h2-4,6-11H,5,12-14H2,1H3,(H2,21,25)(H,22,26)(H,23,27). The van der Waals surface area contributed by atoms with Crippen molar-refractivity contribution in [1.82, 2.24) is 5.32 Å². The number of nitrogens with one attached hydrogen (secondary N) is 2. The summed E-state index contributed by atoms with van der Waals surface area (Å²) in [5.41, 5.74) is 7.45. The van der Waals surface area contributed by atoms with Crippen LogP contribution in [0.2, 0.25) is 0 Å². The third-order valence-electron chi connectivity index (χ3n) is 3.95. The number of benzene rings is 2. The number of nitrogens with zero attached hydrogens (tertiary/aromatic N) is 1. The Balaban J connectivity index is 1.71. The number of hydrogen-bond donors (Lipinski definition) is 3. The lowest BCUT2D eigenvalue weighted by Crippen LogP contribution is -2.36. The zero-order valence-corrected chi connectivity index (χ0v) is 15.3. The SMILES string of the molecule is CN(CCCNC(=O)C(=O)Nc1ccc(CC(N)=O)cc1)c1ccccc1. The lowest BCUT2D eigenvalue weighted by molar-refractivity contribution is -0.136. The van der Waals surface area contributed by atoms with E-state index in [4.69, 9.17) is 5.73 Å². The highest BCUT2D eigenvalue weighted by molar-refractivity contribution is 6.39. The van der Waals surface area contributed by atoms with E-state index in [1.807, 2.05) is 37.4 Å². The van der Waals surface area contributed by atoms with Gasteiger partial charge in [0, 0.05) is 31.5 Å². The Bertz CT molecular complexity index is 776. The topological polar surface area (TPSA) is 105 Å². The fourth-order valence-electron chi connectivity index (χ4n) is 2.50. The van der Waals surface area contributed by atoms with Crippen molar-refractivity contribution in [2.24, 2.45) is 5.73 Å². The van der Waals surface area contributed by atoms with Gasteiger partial charge in [-0.25, -0.2) is 0 Å². The molecule has 0 aliphatic heterocycles. The van der Waals surface area contributed by atoms with Gasteiger partial charge in [0.15, 0.2) is 0 Å². The maximum atomic E-state index is 11.9. The van der Waals surface area contributed by atoms with Gasteiger partial charge in [0.05, 0.1) is 6.42 Å². The maximum absolute atomic E-state index is 11.9. The number of hydrogen-bond acceptors (Lipinski definition) is 4. The predicted octanol–water partition coefficient (Wildman–Crippen LogP) is 1.30. The molecule has 4 N–H and O–H groups in total. The van der Waals surface area contributed by atoms with Crippen LogP contribution < -0.4 is 21.3 Å². The molecule has 27 heavy (non-hydrogen) atoms. The van der Waals surface area contributed by atoms with Crippen molar-refractivity contribution >= 4 is 29.1 Å². The van der Waals surface area contributed by atoms with Gasteiger partial charge in [0.25, 0.3) is 0 Å². The summed E-state index contributed by atoms with van der Waals surface area (Å²) in [5, 5.41) is 5.13. The van der Waals surface area contributed by atoms with E-state index >= 15 is 0 Å². The van der Waals surface area contributed by atoms with E-state index in [0.717, 1.165) is 17.8 Å². The molecule has 3 amide bonds. The van der Waals surface area contributed by atoms with Gasteiger partial charge in [-0.05, 0) is 36.2 Å². The number of carbonyl (C=O) groups is 3. The van der Waals surface area contributed by atoms with Crippen LogP contribution >= 0.6 is 0 Å². The fraction of sp³-hybridized carbons (Fsp3) is 0.250. The summed E-state index contributed by atoms with van der Waals surface area (Å²) in [4.78, 5) is 36.7. The van der Waals surface area contributed by atoms with Gasteiger partial charge in [-0.15, -0.1) is 0 Å². The first-order chi connectivity index (χ1) is 13.0. The molecule has 0 bridgehead atoms. The van der Waals surface area contributed by atoms with Crippen molar-refractivity contribution in [3.63, 3.8) is 0 Å². The fourth-order valence-corrected chi connectivity index (χ4v) is 2.50. The summed E-state index contributed by atoms with van der Waals surface area (Å²) in [6, 6.07) is 16.5. The number of carbonyl (C=O) groups excluding carboxylic acids is 3. The van der Waals surface area contributed by atoms with Crippen molar-refractivity contribution in [3.8, 4) is 0 Å². The highest BCUT2D eigenvalue weighted by Gasteiger charge is 2.13. The van der Waals surface area contributed by atoms with E-state index in [2.05, 4.69) is 15.5 Å². The van der Waals surface area contributed by atoms with Gasteiger partial charge in [0.1, 0.15) is 0 Å². The Hall–Kier alpha value is -3.35. The number of primary amides is 1. The van der Waals surface area contributed by atoms with Gasteiger partial charge < -0.3 is 21.3 Å². The quantitative estimate of drug-likeness (QED) is 0.482. The van der Waals surface area contributed by atoms with Gasteiger partial charge in [0.2, 0.25) is 5.91 Å². The minimum Gasteiger partial charge on any atom is -0.375 e. The Morgan fingerprint density at radius 1 is 0.963 bits per heavy atom. The molecule has 142 valence electrons. The van der Waals surface area contributed by atoms with Gasteiger partial charge in [-0.1, -0.05) is 30.3 Å². The Morgan fingerprint density at radius 2 is 1.63 bits per heavy atom. The molecule has 0 saturated carbocycles. The molecule has 7 heteroatoms. The molecule has 0 aliphatic rings. The van der Waals surface area contributed by atoms with E-state index in [0.29, 0.717) is 18.7 Å². The first-order valence-corrected chi connectivity index (χ1v) is 8.68. The Kier molecular flexibility index (Phi) is 7.37. The smallest absolute Gasteiger partial charge is 0.313 e. The first-order valence-electron chi connectivity index (χ1n) is 8.68. The number of anilines is 2. The Morgan fingerprint density at radius 3 is 2.26 bits per heavy atom. The molecule has 0 heterocycles. The van der Waals surface area contributed by atoms with Crippen LogP contribution in [0.5, 0.6) is 0 Å². The van der Waals surface area contributed by atoms with E-state index in [9.17, 15) is 14.4 Å². The number of rotatable bonds is 8. The zero-order valence-electron chi connectivity index (χ0n) is 15.3. The van der Waals surface area contributed by atoms with E-state index in [1.54, 1.807) is 24.3 Å². The van der Waals surface area contributed by atoms with Crippen LogP contribution in [0.4, 0.5) is 11.4 Å². The summed E-state index contributed by atoms with van der Waals surface area (Å²) in [6.45, 7) is 1.16. The summed E-state index contributed by atoms with van der Waals surface area (Å²) in [5.74, 6) is -1.84. The van der Waals surface area contributed by atoms with Crippen molar-refractivity contribution in [3.05, 3.63) is 60.2 Å². The van der Waals surface area contributed by atoms with Crippen molar-refractivity contribution in [2.75, 3.05) is 30.4 Å². The molecule has 0 saturated heterocycles. The normalized spacial score (nSPS) is 10.1. The molecular formula is C20H24N4O3. The van der Waals surface area contributed by atoms with E-state index in [-0.39, 0.29) is 6.42 Å². The molecular weight excluding hydrogens is 344 g/mol. The monoisotopic (exact) mass is 368 g/mol. The molecule has 2 aromatic rings. The zero-order chi connectivity index (χ0) is 19.6. The van der Waals surface area contributed by atoms with Crippen LogP contribution in [0.15, 0.2) is 54.6 Å². The Labute approximate surface area is 158 Å². The number of para-hydroxylation sites is 1. The van der Waals surface area contributed by atoms with Crippen LogP contribution in [0.25, 0.3) is 0 Å². The van der Waals surface area contributed by atoms with Crippen LogP contribution in [-0.4, -0.2) is 37.9 Å². The van der Waals surface area contributed by atoms with Gasteiger partial charge in [-0.2, -0.15) is 0 Å². The molecule has 0 radical (unpaired) electrons. The largest absolute Gasteiger partial charge is 0.375 e. The molecule has 0 spiro atoms. The van der Waals surface area contributed by atoms with E-state index < -0.39 is 17.7 Å². The molecule has 0 aliphatic carbocycles. The number of nitrogens with two attached hydrogens (primary N) is 1. The lowest BCUT2D eigenvalue weighted by atomic mass is 10.1. The average Bonchev–Trinajstić information content (AvgIpc) is 2.66. The summed E-state index contributed by atoms with van der Waals surface area (Å²) < 4.78 is 0. The molecule has 7 nitrogen and oxygen atoms in total. The van der Waals surface area contributed by atoms with Crippen molar-refractivity contribution in [1.29, 1.82) is 0 Å². The third kappa shape index (κ3) is 6.81. The van der Waals surface area contributed by atoms with E-state index in [1.165, 1.54) is 0 Å². The molecule has 0 atom stereocenters. The summed E-state index contributed by atoms with van der Waals surface area (Å²) >= 11 is 0. The molecule has 0 aromatic heterocycles. The van der Waals surface area contributed by atoms with Gasteiger partial charge >= 0.3 is 11.8 Å². The van der Waals surface area contributed by atoms with Gasteiger partial charge in [-0.3, -0.25) is 14.4 Å². The second-order valence-electron chi connectivity index (χ2n) is 6.16. The van der Waals surface area contributed by atoms with Crippen LogP contribution in [-0.2, 0) is 20.8 Å². The molecule has 2 rings (SSSR count). The highest BCUT2D eigenvalue weighted by Crippen LogP contribution is 2.11. The minimum atomic E-state index is -0.728. The maximum Gasteiger partial charge on any atom is 0.313 e. The van der Waals surface area contributed by atoms with Crippen molar-refractivity contribution in [2.45, 2.75) is 12.8 Å². The number of amides is 3. The molecule has 0 fully saturated rings. The molecule has 0 unspecified atom stereocenters. The lowest BCUT2D eigenvalue weighted by Gasteiger charge is -2.19. The van der Waals surface area contributed by atoms with Crippen LogP contribution in [0, 0.1) is 0 Å². The summed E-state index contributed by atoms with van der Waals surface area (Å²) in [6.07, 6.45) is 0.846. The first kappa shape index (κ1) is 20.0.